The monoisotopic (exact) mass is 389 g/mol. The molecule has 3 rings (SSSR count). The van der Waals surface area contributed by atoms with E-state index < -0.39 is 12.1 Å². The molecular weight excluding hydrogens is 366 g/mol. The van der Waals surface area contributed by atoms with Crippen LogP contribution >= 0.6 is 0 Å². The van der Waals surface area contributed by atoms with Crippen molar-refractivity contribution in [2.75, 3.05) is 12.4 Å². The number of urea groups is 1. The summed E-state index contributed by atoms with van der Waals surface area (Å²) in [7, 11) is 1.58. The molecule has 6 heteroatoms. The molecule has 0 saturated heterocycles. The number of hydrogen-bond donors (Lipinski definition) is 3. The van der Waals surface area contributed by atoms with Gasteiger partial charge < -0.3 is 20.7 Å². The van der Waals surface area contributed by atoms with Crippen molar-refractivity contribution >= 4 is 17.6 Å². The lowest BCUT2D eigenvalue weighted by Gasteiger charge is -2.19. The Kier molecular flexibility index (Phi) is 6.84. The van der Waals surface area contributed by atoms with Crippen molar-refractivity contribution in [1.29, 1.82) is 0 Å². The molecule has 0 aliphatic carbocycles. The lowest BCUT2D eigenvalue weighted by Crippen LogP contribution is -2.42. The number of benzene rings is 3. The summed E-state index contributed by atoms with van der Waals surface area (Å²) in [5, 5.41) is 8.38. The van der Waals surface area contributed by atoms with Crippen molar-refractivity contribution in [1.82, 2.24) is 10.6 Å². The topological polar surface area (TPSA) is 79.5 Å². The number of carbonyl (C=O) groups excluding carboxylic acids is 2. The van der Waals surface area contributed by atoms with Gasteiger partial charge in [0.05, 0.1) is 7.11 Å². The maximum Gasteiger partial charge on any atom is 0.315 e. The zero-order valence-electron chi connectivity index (χ0n) is 16.1. The first-order valence-corrected chi connectivity index (χ1v) is 9.24. The van der Waals surface area contributed by atoms with Crippen LogP contribution in [-0.4, -0.2) is 19.0 Å². The second-order valence-electron chi connectivity index (χ2n) is 6.34. The van der Waals surface area contributed by atoms with Crippen molar-refractivity contribution in [2.45, 2.75) is 12.6 Å². The van der Waals surface area contributed by atoms with E-state index in [4.69, 9.17) is 4.74 Å². The lowest BCUT2D eigenvalue weighted by atomic mass is 10.1. The van der Waals surface area contributed by atoms with Crippen molar-refractivity contribution in [3.8, 4) is 5.75 Å². The molecule has 0 unspecified atom stereocenters. The molecule has 0 aliphatic heterocycles. The van der Waals surface area contributed by atoms with E-state index >= 15 is 0 Å². The standard InChI is InChI=1S/C23H23N3O3/c1-29-20-15-9-8-12-18(20)16-24-23(28)26-21(17-10-4-2-5-11-17)22(27)25-19-13-6-3-7-14-19/h2-15,21H,16H2,1H3,(H,25,27)(H2,24,26,28)/t21-/m1/s1. The van der Waals surface area contributed by atoms with Gasteiger partial charge in [-0.3, -0.25) is 4.79 Å². The van der Waals surface area contributed by atoms with E-state index in [1.807, 2.05) is 60.7 Å². The molecule has 0 saturated carbocycles. The van der Waals surface area contributed by atoms with Gasteiger partial charge >= 0.3 is 6.03 Å². The van der Waals surface area contributed by atoms with E-state index in [-0.39, 0.29) is 12.5 Å². The summed E-state index contributed by atoms with van der Waals surface area (Å²) in [5.74, 6) is 0.365. The Hall–Kier alpha value is -3.80. The molecule has 3 aromatic carbocycles. The van der Waals surface area contributed by atoms with Crippen molar-refractivity contribution in [3.63, 3.8) is 0 Å². The summed E-state index contributed by atoms with van der Waals surface area (Å²) in [6.07, 6.45) is 0. The van der Waals surface area contributed by atoms with Crippen LogP contribution in [0.1, 0.15) is 17.2 Å². The van der Waals surface area contributed by atoms with Crippen LogP contribution in [0, 0.1) is 0 Å². The van der Waals surface area contributed by atoms with Gasteiger partial charge in [-0.25, -0.2) is 4.79 Å². The van der Waals surface area contributed by atoms with Gasteiger partial charge in [-0.1, -0.05) is 66.7 Å². The average Bonchev–Trinajstić information content (AvgIpc) is 2.77. The van der Waals surface area contributed by atoms with E-state index in [9.17, 15) is 9.59 Å². The molecule has 1 atom stereocenters. The number of methoxy groups -OCH3 is 1. The zero-order valence-corrected chi connectivity index (χ0v) is 16.1. The maximum atomic E-state index is 12.8. The summed E-state index contributed by atoms with van der Waals surface area (Å²) < 4.78 is 5.30. The van der Waals surface area contributed by atoms with Crippen LogP contribution in [-0.2, 0) is 11.3 Å². The third-order valence-electron chi connectivity index (χ3n) is 4.34. The van der Waals surface area contributed by atoms with Gasteiger partial charge in [-0.15, -0.1) is 0 Å². The highest BCUT2D eigenvalue weighted by atomic mass is 16.5. The predicted molar refractivity (Wildman–Crippen MR) is 113 cm³/mol. The van der Waals surface area contributed by atoms with Gasteiger partial charge in [0.2, 0.25) is 0 Å². The molecule has 148 valence electrons. The summed E-state index contributed by atoms with van der Waals surface area (Å²) in [6, 6.07) is 24.4. The van der Waals surface area contributed by atoms with E-state index in [2.05, 4.69) is 16.0 Å². The first-order chi connectivity index (χ1) is 14.2. The fraction of sp³-hybridized carbons (Fsp3) is 0.130. The van der Waals surface area contributed by atoms with Crippen molar-refractivity contribution in [2.24, 2.45) is 0 Å². The number of rotatable bonds is 7. The van der Waals surface area contributed by atoms with Crippen molar-refractivity contribution < 1.29 is 14.3 Å². The van der Waals surface area contributed by atoms with E-state index in [0.717, 1.165) is 5.56 Å². The number of anilines is 1. The zero-order chi connectivity index (χ0) is 20.5. The molecule has 0 fully saturated rings. The van der Waals surface area contributed by atoms with Crippen LogP contribution < -0.4 is 20.7 Å². The van der Waals surface area contributed by atoms with Crippen LogP contribution in [0.15, 0.2) is 84.9 Å². The van der Waals surface area contributed by atoms with Gasteiger partial charge in [0, 0.05) is 17.8 Å². The third kappa shape index (κ3) is 5.59. The Morgan fingerprint density at radius 1 is 0.862 bits per heavy atom. The Labute approximate surface area is 169 Å². The molecule has 29 heavy (non-hydrogen) atoms. The normalized spacial score (nSPS) is 11.2. The lowest BCUT2D eigenvalue weighted by molar-refractivity contribution is -0.118. The summed E-state index contributed by atoms with van der Waals surface area (Å²) in [4.78, 5) is 25.4. The molecule has 0 radical (unpaired) electrons. The van der Waals surface area contributed by atoms with Crippen LogP contribution in [0.25, 0.3) is 0 Å². The second-order valence-corrected chi connectivity index (χ2v) is 6.34. The van der Waals surface area contributed by atoms with Crippen LogP contribution in [0.5, 0.6) is 5.75 Å². The van der Waals surface area contributed by atoms with E-state index in [1.165, 1.54) is 0 Å². The average molecular weight is 389 g/mol. The largest absolute Gasteiger partial charge is 0.496 e. The second kappa shape index (κ2) is 9.94. The molecule has 0 heterocycles. The molecule has 0 spiro atoms. The molecule has 0 aromatic heterocycles. The Balaban J connectivity index is 1.69. The van der Waals surface area contributed by atoms with E-state index in [1.54, 1.807) is 31.4 Å². The fourth-order valence-electron chi connectivity index (χ4n) is 2.89. The number of ether oxygens (including phenoxy) is 1. The first kappa shape index (κ1) is 19.9. The summed E-state index contributed by atoms with van der Waals surface area (Å²) >= 11 is 0. The minimum atomic E-state index is -0.839. The Morgan fingerprint density at radius 2 is 1.48 bits per heavy atom. The highest BCUT2D eigenvalue weighted by Gasteiger charge is 2.22. The maximum absolute atomic E-state index is 12.8. The van der Waals surface area contributed by atoms with Crippen molar-refractivity contribution in [3.05, 3.63) is 96.1 Å². The minimum Gasteiger partial charge on any atom is -0.496 e. The van der Waals surface area contributed by atoms with Gasteiger partial charge in [0.1, 0.15) is 11.8 Å². The molecule has 0 bridgehead atoms. The smallest absolute Gasteiger partial charge is 0.315 e. The summed E-state index contributed by atoms with van der Waals surface area (Å²) in [6.45, 7) is 0.275. The fourth-order valence-corrected chi connectivity index (χ4v) is 2.89. The van der Waals surface area contributed by atoms with Gasteiger partial charge in [-0.05, 0) is 23.8 Å². The molecule has 6 nitrogen and oxygen atoms in total. The van der Waals surface area contributed by atoms with Crippen LogP contribution in [0.3, 0.4) is 0 Å². The van der Waals surface area contributed by atoms with Gasteiger partial charge in [0.15, 0.2) is 0 Å². The quantitative estimate of drug-likeness (QED) is 0.574. The highest BCUT2D eigenvalue weighted by molar-refractivity contribution is 5.97. The number of amides is 3. The minimum absolute atomic E-state index is 0.275. The van der Waals surface area contributed by atoms with Gasteiger partial charge in [-0.2, -0.15) is 0 Å². The predicted octanol–water partition coefficient (Wildman–Crippen LogP) is 3.87. The Bertz CT molecular complexity index is 946. The van der Waals surface area contributed by atoms with Crippen LogP contribution in [0.4, 0.5) is 10.5 Å². The summed E-state index contributed by atoms with van der Waals surface area (Å²) in [5.41, 5.74) is 2.19. The number of nitrogens with one attached hydrogen (secondary N) is 3. The SMILES string of the molecule is COc1ccccc1CNC(=O)N[C@@H](C(=O)Nc1ccccc1)c1ccccc1. The molecule has 3 aromatic rings. The van der Waals surface area contributed by atoms with E-state index in [0.29, 0.717) is 17.0 Å². The van der Waals surface area contributed by atoms with Crippen LogP contribution in [0.2, 0.25) is 0 Å². The number of carbonyl (C=O) groups is 2. The highest BCUT2D eigenvalue weighted by Crippen LogP contribution is 2.18. The molecule has 3 amide bonds. The molecular formula is C23H23N3O3. The Morgan fingerprint density at radius 3 is 2.17 bits per heavy atom. The molecule has 0 aliphatic rings. The first-order valence-electron chi connectivity index (χ1n) is 9.24. The number of hydrogen-bond acceptors (Lipinski definition) is 3. The van der Waals surface area contributed by atoms with Gasteiger partial charge in [0.25, 0.3) is 5.91 Å². The number of para-hydroxylation sites is 2. The molecule has 3 N–H and O–H groups in total. The third-order valence-corrected chi connectivity index (χ3v) is 4.34.